The van der Waals surface area contributed by atoms with E-state index in [2.05, 4.69) is 11.5 Å². The quantitative estimate of drug-likeness (QED) is 0.152. The maximum atomic E-state index is 13.5. The third-order valence-corrected chi connectivity index (χ3v) is 7.57. The van der Waals surface area contributed by atoms with E-state index in [0.717, 1.165) is 24.2 Å². The number of hydrogen-bond acceptors (Lipinski definition) is 7. The highest BCUT2D eigenvalue weighted by Gasteiger charge is 2.46. The van der Waals surface area contributed by atoms with Crippen molar-refractivity contribution in [2.75, 3.05) is 46.0 Å². The van der Waals surface area contributed by atoms with Crippen LogP contribution in [0, 0.1) is 6.92 Å². The second-order valence-electron chi connectivity index (χ2n) is 10.4. The van der Waals surface area contributed by atoms with Crippen molar-refractivity contribution >= 4 is 17.4 Å². The molecule has 218 valence electrons. The van der Waals surface area contributed by atoms with Gasteiger partial charge < -0.3 is 24.2 Å². The van der Waals surface area contributed by atoms with Crippen molar-refractivity contribution in [3.8, 4) is 11.5 Å². The van der Waals surface area contributed by atoms with E-state index in [1.54, 1.807) is 29.2 Å². The zero-order chi connectivity index (χ0) is 29.5. The van der Waals surface area contributed by atoms with Gasteiger partial charge in [-0.15, -0.1) is 0 Å². The average molecular weight is 569 g/mol. The van der Waals surface area contributed by atoms with E-state index in [4.69, 9.17) is 14.2 Å². The Morgan fingerprint density at radius 2 is 1.69 bits per heavy atom. The van der Waals surface area contributed by atoms with Gasteiger partial charge >= 0.3 is 0 Å². The molecule has 0 saturated carbocycles. The molecule has 2 fully saturated rings. The van der Waals surface area contributed by atoms with Gasteiger partial charge in [0.1, 0.15) is 30.5 Å². The lowest BCUT2D eigenvalue weighted by Crippen LogP contribution is -2.42. The predicted octanol–water partition coefficient (Wildman–Crippen LogP) is 4.89. The normalized spacial score (nSPS) is 18.7. The summed E-state index contributed by atoms with van der Waals surface area (Å²) in [5.74, 6) is -0.237. The van der Waals surface area contributed by atoms with Gasteiger partial charge in [-0.25, -0.2) is 0 Å². The number of ketones is 1. The minimum absolute atomic E-state index is 0.0720. The summed E-state index contributed by atoms with van der Waals surface area (Å²) in [5, 5.41) is 11.6. The van der Waals surface area contributed by atoms with Crippen LogP contribution in [0.15, 0.2) is 91.0 Å². The molecule has 2 aliphatic heterocycles. The average Bonchev–Trinajstić information content (AvgIpc) is 3.28. The van der Waals surface area contributed by atoms with E-state index in [-0.39, 0.29) is 11.3 Å². The predicted molar refractivity (Wildman–Crippen MR) is 160 cm³/mol. The molecule has 0 spiro atoms. The molecule has 0 radical (unpaired) electrons. The molecule has 0 aromatic heterocycles. The summed E-state index contributed by atoms with van der Waals surface area (Å²) in [6, 6.07) is 21.7. The Kier molecular flexibility index (Phi) is 9.36. The van der Waals surface area contributed by atoms with Crippen LogP contribution in [0.2, 0.25) is 0 Å². The summed E-state index contributed by atoms with van der Waals surface area (Å²) in [7, 11) is 0. The molecule has 1 amide bonds. The molecule has 3 aromatic rings. The van der Waals surface area contributed by atoms with Gasteiger partial charge in [-0.1, -0.05) is 55.1 Å². The number of Topliss-reactive ketones (excluding diaryl/α,β-unsaturated/α-hetero) is 1. The number of likely N-dealkylation sites (tertiary alicyclic amines) is 1. The second kappa shape index (κ2) is 13.5. The van der Waals surface area contributed by atoms with Crippen LogP contribution >= 0.6 is 0 Å². The molecule has 0 aliphatic carbocycles. The van der Waals surface area contributed by atoms with E-state index < -0.39 is 17.7 Å². The van der Waals surface area contributed by atoms with Crippen molar-refractivity contribution in [2.45, 2.75) is 19.6 Å². The Labute approximate surface area is 246 Å². The molecule has 2 heterocycles. The molecule has 3 aromatic carbocycles. The third-order valence-electron chi connectivity index (χ3n) is 7.57. The Morgan fingerprint density at radius 1 is 0.976 bits per heavy atom. The van der Waals surface area contributed by atoms with Gasteiger partial charge in [0, 0.05) is 31.7 Å². The molecule has 1 unspecified atom stereocenters. The largest absolute Gasteiger partial charge is 0.507 e. The number of carbonyl (C=O) groups excluding carboxylic acids is 2. The lowest BCUT2D eigenvalue weighted by atomic mass is 9.94. The van der Waals surface area contributed by atoms with Crippen LogP contribution in [-0.4, -0.2) is 72.6 Å². The van der Waals surface area contributed by atoms with Crippen molar-refractivity contribution < 1.29 is 28.9 Å². The lowest BCUT2D eigenvalue weighted by Gasteiger charge is -2.31. The van der Waals surface area contributed by atoms with Crippen LogP contribution < -0.4 is 9.47 Å². The summed E-state index contributed by atoms with van der Waals surface area (Å²) in [5.41, 5.74) is 3.03. The fourth-order valence-corrected chi connectivity index (χ4v) is 5.31. The number of aliphatic hydroxyl groups is 1. The molecule has 8 heteroatoms. The van der Waals surface area contributed by atoms with E-state index in [1.807, 2.05) is 61.5 Å². The number of hydrogen-bond donors (Lipinski definition) is 1. The minimum Gasteiger partial charge on any atom is -0.507 e. The first-order chi connectivity index (χ1) is 20.5. The molecule has 8 nitrogen and oxygen atoms in total. The number of rotatable bonds is 11. The first kappa shape index (κ1) is 29.1. The SMILES string of the molecule is C=CCOc1ccc(C(O)=C2C(=O)C(=O)N(CCN3CCOCC3)C2c2ccc(OCc3ccccc3)cc2)c(C)c1. The first-order valence-electron chi connectivity index (χ1n) is 14.2. The van der Waals surface area contributed by atoms with Crippen molar-refractivity contribution in [1.29, 1.82) is 0 Å². The van der Waals surface area contributed by atoms with Gasteiger partial charge in [0.05, 0.1) is 24.8 Å². The van der Waals surface area contributed by atoms with Crippen LogP contribution in [0.1, 0.15) is 28.3 Å². The highest BCUT2D eigenvalue weighted by Crippen LogP contribution is 2.40. The van der Waals surface area contributed by atoms with E-state index in [1.165, 1.54) is 0 Å². The van der Waals surface area contributed by atoms with Crippen LogP contribution in [-0.2, 0) is 20.9 Å². The molecule has 42 heavy (non-hydrogen) atoms. The van der Waals surface area contributed by atoms with Crippen LogP contribution in [0.5, 0.6) is 11.5 Å². The first-order valence-corrected chi connectivity index (χ1v) is 14.2. The number of carbonyl (C=O) groups is 2. The summed E-state index contributed by atoms with van der Waals surface area (Å²) in [6.45, 7) is 10.0. The number of ether oxygens (including phenoxy) is 3. The van der Waals surface area contributed by atoms with Crippen molar-refractivity contribution in [3.63, 3.8) is 0 Å². The van der Waals surface area contributed by atoms with E-state index in [9.17, 15) is 14.7 Å². The molecule has 1 N–H and O–H groups in total. The Bertz CT molecular complexity index is 1440. The minimum atomic E-state index is -0.745. The van der Waals surface area contributed by atoms with Gasteiger partial charge in [-0.3, -0.25) is 14.5 Å². The van der Waals surface area contributed by atoms with Crippen LogP contribution in [0.4, 0.5) is 0 Å². The van der Waals surface area contributed by atoms with Crippen LogP contribution in [0.25, 0.3) is 5.76 Å². The lowest BCUT2D eigenvalue weighted by molar-refractivity contribution is -0.140. The van der Waals surface area contributed by atoms with E-state index >= 15 is 0 Å². The highest BCUT2D eigenvalue weighted by molar-refractivity contribution is 6.46. The summed E-state index contributed by atoms with van der Waals surface area (Å²) in [4.78, 5) is 30.7. The number of morpholine rings is 1. The number of amides is 1. The van der Waals surface area contributed by atoms with Crippen LogP contribution in [0.3, 0.4) is 0 Å². The zero-order valence-electron chi connectivity index (χ0n) is 23.8. The number of aryl methyl sites for hydroxylation is 1. The third kappa shape index (κ3) is 6.56. The summed E-state index contributed by atoms with van der Waals surface area (Å²) >= 11 is 0. The summed E-state index contributed by atoms with van der Waals surface area (Å²) < 4.78 is 17.0. The molecule has 0 bridgehead atoms. The van der Waals surface area contributed by atoms with Gasteiger partial charge in [0.25, 0.3) is 11.7 Å². The Balaban J connectivity index is 1.46. The topological polar surface area (TPSA) is 88.5 Å². The molecule has 5 rings (SSSR count). The zero-order valence-corrected chi connectivity index (χ0v) is 23.8. The molecular weight excluding hydrogens is 532 g/mol. The maximum Gasteiger partial charge on any atom is 0.295 e. The van der Waals surface area contributed by atoms with Gasteiger partial charge in [0.2, 0.25) is 0 Å². The molecule has 1 atom stereocenters. The van der Waals surface area contributed by atoms with Crippen molar-refractivity contribution in [1.82, 2.24) is 9.80 Å². The van der Waals surface area contributed by atoms with Crippen molar-refractivity contribution in [3.05, 3.63) is 113 Å². The van der Waals surface area contributed by atoms with E-state index in [0.29, 0.717) is 62.1 Å². The number of benzene rings is 3. The maximum absolute atomic E-state index is 13.5. The Hall–Kier alpha value is -4.40. The fourth-order valence-electron chi connectivity index (χ4n) is 5.31. The number of aliphatic hydroxyl groups excluding tert-OH is 1. The Morgan fingerprint density at radius 3 is 2.38 bits per heavy atom. The van der Waals surface area contributed by atoms with Gasteiger partial charge in [0.15, 0.2) is 0 Å². The molecule has 2 saturated heterocycles. The fraction of sp³-hybridized carbons (Fsp3) is 0.294. The molecular formula is C34H36N2O6. The summed E-state index contributed by atoms with van der Waals surface area (Å²) in [6.07, 6.45) is 1.65. The molecule has 2 aliphatic rings. The van der Waals surface area contributed by atoms with Crippen molar-refractivity contribution in [2.24, 2.45) is 0 Å². The standard InChI is InChI=1S/C34H36N2O6/c1-3-19-41-28-13-14-29(24(2)22-28)32(37)30-31(36(34(39)33(30)38)16-15-35-17-20-40-21-18-35)26-9-11-27(12-10-26)42-23-25-7-5-4-6-8-25/h3-14,22,31,37H,1,15-21,23H2,2H3. The monoisotopic (exact) mass is 568 g/mol. The highest BCUT2D eigenvalue weighted by atomic mass is 16.5. The van der Waals surface area contributed by atoms with Gasteiger partial charge in [-0.2, -0.15) is 0 Å². The number of nitrogens with zero attached hydrogens (tertiary/aromatic N) is 2. The second-order valence-corrected chi connectivity index (χ2v) is 10.4. The smallest absolute Gasteiger partial charge is 0.295 e. The van der Waals surface area contributed by atoms with Gasteiger partial charge in [-0.05, 0) is 53.9 Å².